The minimum absolute atomic E-state index is 0. The molecule has 0 bridgehead atoms. The van der Waals surface area contributed by atoms with Gasteiger partial charge in [0.05, 0.1) is 6.33 Å². The summed E-state index contributed by atoms with van der Waals surface area (Å²) in [6.45, 7) is 4.18. The summed E-state index contributed by atoms with van der Waals surface area (Å²) in [4.78, 5) is 8.39. The van der Waals surface area contributed by atoms with Gasteiger partial charge in [-0.25, -0.2) is 4.98 Å². The molecule has 0 aromatic carbocycles. The normalized spacial score (nSPS) is 17.2. The molecule has 1 fully saturated rings. The Balaban J connectivity index is 0.00000288. The van der Waals surface area contributed by atoms with Gasteiger partial charge in [0.1, 0.15) is 0 Å². The number of aromatic nitrogens is 2. The highest BCUT2D eigenvalue weighted by Crippen LogP contribution is 2.27. The van der Waals surface area contributed by atoms with Crippen LogP contribution in [0.25, 0.3) is 0 Å². The van der Waals surface area contributed by atoms with Crippen molar-refractivity contribution in [3.63, 3.8) is 0 Å². The number of imidazole rings is 1. The first-order valence-electron chi connectivity index (χ1n) is 9.21. The van der Waals surface area contributed by atoms with Crippen LogP contribution in [0.3, 0.4) is 0 Å². The third-order valence-electron chi connectivity index (χ3n) is 4.78. The van der Waals surface area contributed by atoms with Crippen molar-refractivity contribution in [1.29, 1.82) is 0 Å². The Morgan fingerprint density at radius 2 is 2.12 bits per heavy atom. The van der Waals surface area contributed by atoms with Crippen molar-refractivity contribution in [2.24, 2.45) is 10.9 Å². The second-order valence-corrected chi connectivity index (χ2v) is 6.78. The molecule has 1 aliphatic carbocycles. The first kappa shape index (κ1) is 21.3. The van der Waals surface area contributed by atoms with Crippen molar-refractivity contribution in [3.8, 4) is 0 Å². The predicted octanol–water partition coefficient (Wildman–Crippen LogP) is 3.81. The molecule has 1 unspecified atom stereocenters. The number of hydrogen-bond donors (Lipinski definition) is 2. The second kappa shape index (κ2) is 12.6. The number of guanidine groups is 1. The molecule has 0 amide bonds. The largest absolute Gasteiger partial charge is 0.356 e. The SMILES string of the molecule is CN=C(NCCCn1ccnc1)NC(C)CCC1CCCCC1.I. The highest BCUT2D eigenvalue weighted by atomic mass is 127. The smallest absolute Gasteiger partial charge is 0.191 e. The first-order chi connectivity index (χ1) is 11.3. The Hall–Kier alpha value is -0.790. The van der Waals surface area contributed by atoms with Gasteiger partial charge in [-0.2, -0.15) is 0 Å². The standard InChI is InChI=1S/C18H33N5.HI/c1-16(9-10-17-7-4-3-5-8-17)22-18(19-2)21-11-6-13-23-14-12-20-15-23;/h12,14-17H,3-11,13H2,1-2H3,(H2,19,21,22);1H. The van der Waals surface area contributed by atoms with Crippen LogP contribution in [0, 0.1) is 5.92 Å². The Kier molecular flexibility index (Phi) is 11.1. The van der Waals surface area contributed by atoms with Crippen molar-refractivity contribution in [1.82, 2.24) is 20.2 Å². The van der Waals surface area contributed by atoms with Gasteiger partial charge in [0, 0.05) is 38.6 Å². The molecule has 0 aliphatic heterocycles. The van der Waals surface area contributed by atoms with E-state index in [1.165, 1.54) is 44.9 Å². The fraction of sp³-hybridized carbons (Fsp3) is 0.778. The van der Waals surface area contributed by atoms with Crippen LogP contribution < -0.4 is 10.6 Å². The molecule has 0 radical (unpaired) electrons. The van der Waals surface area contributed by atoms with E-state index in [1.807, 2.05) is 25.8 Å². The maximum atomic E-state index is 4.33. The van der Waals surface area contributed by atoms with Crippen molar-refractivity contribution in [2.75, 3.05) is 13.6 Å². The Labute approximate surface area is 164 Å². The van der Waals surface area contributed by atoms with Crippen molar-refractivity contribution >= 4 is 29.9 Å². The van der Waals surface area contributed by atoms with Crippen molar-refractivity contribution < 1.29 is 0 Å². The van der Waals surface area contributed by atoms with Gasteiger partial charge in [0.25, 0.3) is 0 Å². The molecule has 0 saturated heterocycles. The van der Waals surface area contributed by atoms with Gasteiger partial charge in [-0.1, -0.05) is 32.1 Å². The molecule has 1 aliphatic rings. The van der Waals surface area contributed by atoms with E-state index in [2.05, 4.69) is 32.1 Å². The summed E-state index contributed by atoms with van der Waals surface area (Å²) in [6, 6.07) is 0.483. The van der Waals surface area contributed by atoms with Crippen LogP contribution in [0.1, 0.15) is 58.3 Å². The van der Waals surface area contributed by atoms with Crippen LogP contribution in [0.5, 0.6) is 0 Å². The number of rotatable bonds is 8. The third kappa shape index (κ3) is 8.35. The topological polar surface area (TPSA) is 54.2 Å². The Bertz CT molecular complexity index is 440. The van der Waals surface area contributed by atoms with E-state index in [9.17, 15) is 0 Å². The average Bonchev–Trinajstić information content (AvgIpc) is 3.10. The fourth-order valence-corrected chi connectivity index (χ4v) is 3.35. The zero-order valence-electron chi connectivity index (χ0n) is 15.2. The molecule has 1 aromatic heterocycles. The highest BCUT2D eigenvalue weighted by molar-refractivity contribution is 14.0. The Morgan fingerprint density at radius 1 is 1.33 bits per heavy atom. The number of aryl methyl sites for hydroxylation is 1. The van der Waals surface area contributed by atoms with E-state index in [1.54, 1.807) is 0 Å². The van der Waals surface area contributed by atoms with Crippen LogP contribution in [0.15, 0.2) is 23.7 Å². The first-order valence-corrected chi connectivity index (χ1v) is 9.21. The summed E-state index contributed by atoms with van der Waals surface area (Å²) in [5.41, 5.74) is 0. The van der Waals surface area contributed by atoms with Gasteiger partial charge < -0.3 is 15.2 Å². The highest BCUT2D eigenvalue weighted by Gasteiger charge is 2.14. The molecule has 1 atom stereocenters. The molecule has 24 heavy (non-hydrogen) atoms. The summed E-state index contributed by atoms with van der Waals surface area (Å²) in [7, 11) is 1.85. The minimum atomic E-state index is 0. The molecule has 1 heterocycles. The van der Waals surface area contributed by atoms with Gasteiger partial charge in [-0.05, 0) is 32.1 Å². The van der Waals surface area contributed by atoms with E-state index in [4.69, 9.17) is 0 Å². The molecule has 0 spiro atoms. The van der Waals surface area contributed by atoms with Gasteiger partial charge in [-0.15, -0.1) is 24.0 Å². The van der Waals surface area contributed by atoms with Crippen LogP contribution in [0.4, 0.5) is 0 Å². The zero-order chi connectivity index (χ0) is 16.3. The van der Waals surface area contributed by atoms with Gasteiger partial charge in [-0.3, -0.25) is 4.99 Å². The molecular weight excluding hydrogens is 413 g/mol. The Morgan fingerprint density at radius 3 is 2.79 bits per heavy atom. The second-order valence-electron chi connectivity index (χ2n) is 6.78. The van der Waals surface area contributed by atoms with Crippen molar-refractivity contribution in [2.45, 2.75) is 70.9 Å². The summed E-state index contributed by atoms with van der Waals surface area (Å²) in [5, 5.41) is 6.93. The molecule has 2 rings (SSSR count). The summed E-state index contributed by atoms with van der Waals surface area (Å²) in [5.74, 6) is 1.88. The minimum Gasteiger partial charge on any atom is -0.356 e. The van der Waals surface area contributed by atoms with E-state index >= 15 is 0 Å². The molecule has 5 nitrogen and oxygen atoms in total. The van der Waals surface area contributed by atoms with Crippen LogP contribution in [0.2, 0.25) is 0 Å². The number of hydrogen-bond acceptors (Lipinski definition) is 2. The molecule has 6 heteroatoms. The number of nitrogens with one attached hydrogen (secondary N) is 2. The third-order valence-corrected chi connectivity index (χ3v) is 4.78. The summed E-state index contributed by atoms with van der Waals surface area (Å²) >= 11 is 0. The zero-order valence-corrected chi connectivity index (χ0v) is 17.5. The average molecular weight is 447 g/mol. The fourth-order valence-electron chi connectivity index (χ4n) is 3.35. The number of aliphatic imine (C=N–C) groups is 1. The molecule has 138 valence electrons. The summed E-state index contributed by atoms with van der Waals surface area (Å²) in [6.07, 6.45) is 16.5. The van der Waals surface area contributed by atoms with Crippen molar-refractivity contribution in [3.05, 3.63) is 18.7 Å². The molecular formula is C18H34IN5. The lowest BCUT2D eigenvalue weighted by Gasteiger charge is -2.24. The maximum Gasteiger partial charge on any atom is 0.191 e. The van der Waals surface area contributed by atoms with Gasteiger partial charge in [0.15, 0.2) is 5.96 Å². The quantitative estimate of drug-likeness (QED) is 0.276. The van der Waals surface area contributed by atoms with Gasteiger partial charge >= 0.3 is 0 Å². The van der Waals surface area contributed by atoms with Crippen LogP contribution >= 0.6 is 24.0 Å². The lowest BCUT2D eigenvalue weighted by Crippen LogP contribution is -2.42. The predicted molar refractivity (Wildman–Crippen MR) is 112 cm³/mol. The monoisotopic (exact) mass is 447 g/mol. The van der Waals surface area contributed by atoms with E-state index < -0.39 is 0 Å². The summed E-state index contributed by atoms with van der Waals surface area (Å²) < 4.78 is 2.10. The van der Waals surface area contributed by atoms with E-state index in [-0.39, 0.29) is 24.0 Å². The van der Waals surface area contributed by atoms with Gasteiger partial charge in [0.2, 0.25) is 0 Å². The molecule has 2 N–H and O–H groups in total. The van der Waals surface area contributed by atoms with Crippen LogP contribution in [-0.2, 0) is 6.54 Å². The molecule has 1 aromatic rings. The maximum absolute atomic E-state index is 4.33. The van der Waals surface area contributed by atoms with Crippen LogP contribution in [-0.4, -0.2) is 35.1 Å². The lowest BCUT2D eigenvalue weighted by atomic mass is 9.85. The number of nitrogens with zero attached hydrogens (tertiary/aromatic N) is 3. The lowest BCUT2D eigenvalue weighted by molar-refractivity contribution is 0.322. The molecule has 1 saturated carbocycles. The number of halogens is 1. The van der Waals surface area contributed by atoms with E-state index in [0.29, 0.717) is 6.04 Å². The van der Waals surface area contributed by atoms with E-state index in [0.717, 1.165) is 31.4 Å².